The molecular weight excluding hydrogens is 453 g/mol. The van der Waals surface area contributed by atoms with Gasteiger partial charge in [0, 0.05) is 21.1 Å². The molecule has 0 unspecified atom stereocenters. The summed E-state index contributed by atoms with van der Waals surface area (Å²) in [5, 5.41) is 15.2. The molecule has 2 rings (SSSR count). The molecular formula is C18H15ClIN3O2. The van der Waals surface area contributed by atoms with Crippen LogP contribution in [-0.2, 0) is 4.79 Å². The number of amides is 1. The zero-order chi connectivity index (χ0) is 18.4. The number of benzene rings is 2. The Morgan fingerprint density at radius 2 is 2.08 bits per heavy atom. The first-order valence-corrected chi connectivity index (χ1v) is 8.68. The van der Waals surface area contributed by atoms with Crippen LogP contribution in [0.25, 0.3) is 0 Å². The number of hydrogen-bond acceptors (Lipinski definition) is 4. The number of ether oxygens (including phenoxy) is 1. The highest BCUT2D eigenvalue weighted by atomic mass is 127. The first-order valence-electron chi connectivity index (χ1n) is 7.22. The van der Waals surface area contributed by atoms with Crippen molar-refractivity contribution >= 4 is 51.5 Å². The largest absolute Gasteiger partial charge is 0.495 e. The number of hydrogen-bond donors (Lipinski definition) is 2. The summed E-state index contributed by atoms with van der Waals surface area (Å²) in [7, 11) is 1.51. The van der Waals surface area contributed by atoms with E-state index in [2.05, 4.69) is 33.2 Å². The Labute approximate surface area is 164 Å². The van der Waals surface area contributed by atoms with Crippen LogP contribution in [0.3, 0.4) is 0 Å². The van der Waals surface area contributed by atoms with Crippen molar-refractivity contribution in [2.45, 2.75) is 6.92 Å². The molecule has 2 N–H and O–H groups in total. The Hall–Kier alpha value is -2.24. The zero-order valence-corrected chi connectivity index (χ0v) is 16.5. The summed E-state index contributed by atoms with van der Waals surface area (Å²) < 4.78 is 6.17. The van der Waals surface area contributed by atoms with E-state index >= 15 is 0 Å². The lowest BCUT2D eigenvalue weighted by molar-refractivity contribution is -0.112. The van der Waals surface area contributed by atoms with E-state index in [1.54, 1.807) is 18.2 Å². The summed E-state index contributed by atoms with van der Waals surface area (Å²) in [5.74, 6) is -0.0223. The van der Waals surface area contributed by atoms with E-state index in [9.17, 15) is 10.1 Å². The SMILES string of the molecule is COc1ccc(NC(=O)/C(C#N)=C\Nc2ccc(I)cc2C)cc1Cl. The Kier molecular flexibility index (Phi) is 6.67. The van der Waals surface area contributed by atoms with Crippen LogP contribution in [0.1, 0.15) is 5.56 Å². The van der Waals surface area contributed by atoms with E-state index < -0.39 is 5.91 Å². The second-order valence-corrected chi connectivity index (χ2v) is 6.73. The highest BCUT2D eigenvalue weighted by Crippen LogP contribution is 2.27. The van der Waals surface area contributed by atoms with Crippen LogP contribution in [0, 0.1) is 21.8 Å². The van der Waals surface area contributed by atoms with E-state index in [0.29, 0.717) is 16.5 Å². The van der Waals surface area contributed by atoms with Gasteiger partial charge in [0.15, 0.2) is 0 Å². The molecule has 25 heavy (non-hydrogen) atoms. The zero-order valence-electron chi connectivity index (χ0n) is 13.6. The van der Waals surface area contributed by atoms with Crippen molar-refractivity contribution in [3.8, 4) is 11.8 Å². The van der Waals surface area contributed by atoms with Crippen molar-refractivity contribution in [2.75, 3.05) is 17.7 Å². The van der Waals surface area contributed by atoms with Gasteiger partial charge in [-0.1, -0.05) is 11.6 Å². The number of methoxy groups -OCH3 is 1. The highest BCUT2D eigenvalue weighted by Gasteiger charge is 2.11. The molecule has 0 aliphatic carbocycles. The molecule has 0 heterocycles. The third kappa shape index (κ3) is 5.11. The quantitative estimate of drug-likeness (QED) is 0.379. The number of anilines is 2. The highest BCUT2D eigenvalue weighted by molar-refractivity contribution is 14.1. The molecule has 0 fully saturated rings. The average Bonchev–Trinajstić information content (AvgIpc) is 2.57. The lowest BCUT2D eigenvalue weighted by atomic mass is 10.2. The molecule has 0 atom stereocenters. The van der Waals surface area contributed by atoms with Crippen LogP contribution in [0.4, 0.5) is 11.4 Å². The number of aryl methyl sites for hydroxylation is 1. The molecule has 0 spiro atoms. The molecule has 5 nitrogen and oxygen atoms in total. The van der Waals surface area contributed by atoms with Crippen LogP contribution in [0.15, 0.2) is 48.2 Å². The monoisotopic (exact) mass is 467 g/mol. The fourth-order valence-corrected chi connectivity index (χ4v) is 2.93. The summed E-state index contributed by atoms with van der Waals surface area (Å²) >= 11 is 8.25. The van der Waals surface area contributed by atoms with Gasteiger partial charge in [0.25, 0.3) is 5.91 Å². The molecule has 0 radical (unpaired) electrons. The molecule has 128 valence electrons. The smallest absolute Gasteiger partial charge is 0.267 e. The Bertz CT molecular complexity index is 875. The number of carbonyl (C=O) groups excluding carboxylic acids is 1. The summed E-state index contributed by atoms with van der Waals surface area (Å²) in [6.07, 6.45) is 1.38. The Morgan fingerprint density at radius 1 is 1.32 bits per heavy atom. The van der Waals surface area contributed by atoms with E-state index in [1.165, 1.54) is 13.3 Å². The van der Waals surface area contributed by atoms with Crippen molar-refractivity contribution < 1.29 is 9.53 Å². The lowest BCUT2D eigenvalue weighted by Crippen LogP contribution is -2.14. The molecule has 1 amide bonds. The van der Waals surface area contributed by atoms with Gasteiger partial charge in [0.2, 0.25) is 0 Å². The van der Waals surface area contributed by atoms with Crippen molar-refractivity contribution in [1.29, 1.82) is 5.26 Å². The number of halogens is 2. The Morgan fingerprint density at radius 3 is 2.68 bits per heavy atom. The molecule has 0 saturated carbocycles. The van der Waals surface area contributed by atoms with Crippen LogP contribution >= 0.6 is 34.2 Å². The fraction of sp³-hybridized carbons (Fsp3) is 0.111. The van der Waals surface area contributed by atoms with Gasteiger partial charge in [-0.3, -0.25) is 4.79 Å². The van der Waals surface area contributed by atoms with E-state index in [-0.39, 0.29) is 5.57 Å². The van der Waals surface area contributed by atoms with Gasteiger partial charge in [-0.05, 0) is 71.5 Å². The molecule has 2 aromatic rings. The first kappa shape index (κ1) is 19.1. The summed E-state index contributed by atoms with van der Waals surface area (Å²) in [6.45, 7) is 1.95. The van der Waals surface area contributed by atoms with E-state index in [1.807, 2.05) is 31.2 Å². The van der Waals surface area contributed by atoms with Gasteiger partial charge in [0.05, 0.1) is 12.1 Å². The van der Waals surface area contributed by atoms with Gasteiger partial charge in [-0.25, -0.2) is 0 Å². The predicted molar refractivity (Wildman–Crippen MR) is 108 cm³/mol. The minimum absolute atomic E-state index is 0.0510. The number of rotatable bonds is 5. The van der Waals surface area contributed by atoms with Crippen molar-refractivity contribution in [3.63, 3.8) is 0 Å². The van der Waals surface area contributed by atoms with Crippen molar-refractivity contribution in [1.82, 2.24) is 0 Å². The topological polar surface area (TPSA) is 74.1 Å². The molecule has 0 saturated heterocycles. The maximum absolute atomic E-state index is 12.3. The lowest BCUT2D eigenvalue weighted by Gasteiger charge is -2.09. The maximum Gasteiger partial charge on any atom is 0.267 e. The van der Waals surface area contributed by atoms with Crippen LogP contribution in [0.2, 0.25) is 5.02 Å². The maximum atomic E-state index is 12.3. The number of carbonyl (C=O) groups is 1. The molecule has 0 bridgehead atoms. The molecule has 7 heteroatoms. The molecule has 0 aliphatic rings. The Balaban J connectivity index is 2.12. The molecule has 0 aliphatic heterocycles. The fourth-order valence-electron chi connectivity index (χ4n) is 2.03. The minimum Gasteiger partial charge on any atom is -0.495 e. The number of nitrogens with one attached hydrogen (secondary N) is 2. The van der Waals surface area contributed by atoms with Gasteiger partial charge < -0.3 is 15.4 Å². The van der Waals surface area contributed by atoms with Crippen LogP contribution < -0.4 is 15.4 Å². The van der Waals surface area contributed by atoms with Crippen molar-refractivity contribution in [3.05, 3.63) is 62.3 Å². The molecule has 2 aromatic carbocycles. The summed E-state index contributed by atoms with van der Waals surface area (Å²) in [6, 6.07) is 12.6. The van der Waals surface area contributed by atoms with Gasteiger partial charge in [0.1, 0.15) is 17.4 Å². The van der Waals surface area contributed by atoms with Crippen LogP contribution in [-0.4, -0.2) is 13.0 Å². The van der Waals surface area contributed by atoms with E-state index in [0.717, 1.165) is 14.8 Å². The second kappa shape index (κ2) is 8.74. The first-order chi connectivity index (χ1) is 11.9. The third-order valence-corrected chi connectivity index (χ3v) is 4.30. The van der Waals surface area contributed by atoms with Gasteiger partial charge >= 0.3 is 0 Å². The minimum atomic E-state index is -0.528. The summed E-state index contributed by atoms with van der Waals surface area (Å²) in [4.78, 5) is 12.3. The normalized spacial score (nSPS) is 10.8. The van der Waals surface area contributed by atoms with Crippen LogP contribution in [0.5, 0.6) is 5.75 Å². The predicted octanol–water partition coefficient (Wildman–Crippen LogP) is 4.72. The third-order valence-electron chi connectivity index (χ3n) is 3.34. The average molecular weight is 468 g/mol. The standard InChI is InChI=1S/C18H15ClIN3O2/c1-11-7-13(20)3-5-16(11)22-10-12(9-21)18(24)23-14-4-6-17(25-2)15(19)8-14/h3-8,10,22H,1-2H3,(H,23,24)/b12-10-. The van der Waals surface area contributed by atoms with Crippen molar-refractivity contribution in [2.24, 2.45) is 0 Å². The second-order valence-electron chi connectivity index (χ2n) is 5.08. The van der Waals surface area contributed by atoms with Gasteiger partial charge in [-0.15, -0.1) is 0 Å². The van der Waals surface area contributed by atoms with Gasteiger partial charge in [-0.2, -0.15) is 5.26 Å². The molecule has 0 aromatic heterocycles. The summed E-state index contributed by atoms with van der Waals surface area (Å²) in [5.41, 5.74) is 2.27. The van der Waals surface area contributed by atoms with E-state index in [4.69, 9.17) is 16.3 Å². The number of nitriles is 1. The number of nitrogens with zero attached hydrogens (tertiary/aromatic N) is 1.